The van der Waals surface area contributed by atoms with Crippen molar-refractivity contribution < 1.29 is 146 Å². The number of nitrogen functional groups attached to an aromatic ring is 1. The van der Waals surface area contributed by atoms with Crippen LogP contribution in [0.3, 0.4) is 0 Å². The maximum absolute atomic E-state index is 16.0. The number of halogens is 7. The lowest BCUT2D eigenvalue weighted by Gasteiger charge is -2.37. The van der Waals surface area contributed by atoms with Crippen LogP contribution in [0.2, 0.25) is 0 Å². The Morgan fingerprint density at radius 1 is 0.425 bits per heavy atom. The van der Waals surface area contributed by atoms with Crippen molar-refractivity contribution in [2.75, 3.05) is 71.8 Å². The number of aromatic nitrogens is 16. The van der Waals surface area contributed by atoms with Crippen LogP contribution in [0.15, 0.2) is 25.3 Å². The normalized spacial score (nSPS) is 36.3. The number of imidazole rings is 4. The minimum Gasteiger partial charge on any atom is -0.476 e. The van der Waals surface area contributed by atoms with Crippen LogP contribution in [0, 0.1) is 26.7 Å². The number of nitrogens with zero attached hydrogens (tertiary/aromatic N) is 16. The molecular weight excluding hydrogens is 1700 g/mol. The second-order valence-electron chi connectivity index (χ2n) is 30.1. The number of ether oxygens (including phenoxy) is 8. The Morgan fingerprint density at radius 3 is 1.03 bits per heavy atom. The van der Waals surface area contributed by atoms with Gasteiger partial charge in [0.2, 0.25) is 29.5 Å². The molecule has 16 rings (SSSR count). The SMILES string of the molecule is CCOc1nc(C)nc2c1ncn2[C@@H]1O[C@]2(F)COP(=O)(OC(C)C)O[C@H]2[C@@]1(C)F.CCOc1nc(C)nc2c1ncn2[C@@H]1O[C@]2(F)COP(=O)(OC(C)C)O[C@H]2[C@@]1(C)O.CCOc1nc(C)nc2c1ncn2[C@@H]1O[C@]2(F)COP(=O)(OCC)O[C@H]2[C@@]1(C)F.CCOc1nc(N)nc2c1ncn2[C@@H]1O[C@]2(F)COP(=O)(OCC(C)C)O[C@H]2[C@@]1(C)F. The number of fused-ring (bicyclic) bond motifs is 8. The largest absolute Gasteiger partial charge is 0.476 e. The summed E-state index contributed by atoms with van der Waals surface area (Å²) >= 11 is 0. The first-order valence-electron chi connectivity index (χ1n) is 37.9. The van der Waals surface area contributed by atoms with E-state index < -0.39 is 165 Å². The van der Waals surface area contributed by atoms with Crippen LogP contribution in [0.5, 0.6) is 23.5 Å². The van der Waals surface area contributed by atoms with Crippen molar-refractivity contribution >= 4 is 81.9 Å². The number of alkyl halides is 7. The van der Waals surface area contributed by atoms with Crippen LogP contribution in [0.25, 0.3) is 44.7 Å². The minimum atomic E-state index is -4.19. The van der Waals surface area contributed by atoms with Crippen LogP contribution in [0.1, 0.15) is 146 Å². The third-order valence-corrected chi connectivity index (χ3v) is 25.1. The fourth-order valence-corrected chi connectivity index (χ4v) is 20.6. The highest BCUT2D eigenvalue weighted by molar-refractivity contribution is 7.49. The first-order chi connectivity index (χ1) is 56.1. The van der Waals surface area contributed by atoms with E-state index in [2.05, 4.69) is 59.8 Å². The lowest BCUT2D eigenvalue weighted by atomic mass is 9.95. The van der Waals surface area contributed by atoms with Crippen LogP contribution >= 0.6 is 31.3 Å². The first kappa shape index (κ1) is 90.7. The zero-order valence-electron chi connectivity index (χ0n) is 68.1. The van der Waals surface area contributed by atoms with E-state index >= 15 is 30.7 Å². The molecule has 8 saturated heterocycles. The van der Waals surface area contributed by atoms with Gasteiger partial charge < -0.3 is 48.7 Å². The number of aliphatic hydroxyl groups is 1. The molecule has 3 N–H and O–H groups in total. The highest BCUT2D eigenvalue weighted by Gasteiger charge is 2.74. The predicted octanol–water partition coefficient (Wildman–Crippen LogP) is 11.8. The quantitative estimate of drug-likeness (QED) is 0.0498. The number of hydrogen-bond acceptors (Lipinski definition) is 38. The number of hydrogen-bond donors (Lipinski definition) is 2. The van der Waals surface area contributed by atoms with Gasteiger partial charge in [-0.05, 0) is 117 Å². The predicted molar refractivity (Wildman–Crippen MR) is 398 cm³/mol. The van der Waals surface area contributed by atoms with Gasteiger partial charge in [0.05, 0.1) is 77.2 Å². The Balaban J connectivity index is 0.000000138. The van der Waals surface area contributed by atoms with Gasteiger partial charge in [-0.15, -0.1) is 0 Å². The Hall–Kier alpha value is -7.05. The third-order valence-electron chi connectivity index (χ3n) is 19.0. The highest BCUT2D eigenvalue weighted by atomic mass is 31.2. The summed E-state index contributed by atoms with van der Waals surface area (Å²) in [5.74, 6) is -8.89. The number of aryl methyl sites for hydroxylation is 3. The average Bonchev–Trinajstić information content (AvgIpc) is 1.57. The van der Waals surface area contributed by atoms with Crippen molar-refractivity contribution in [3.05, 3.63) is 42.8 Å². The van der Waals surface area contributed by atoms with E-state index in [4.69, 9.17) is 97.9 Å². The number of phosphoric ester groups is 4. The fraction of sp³-hybridized carbons (Fsp3) is 0.701. The molecule has 8 aromatic heterocycles. The summed E-state index contributed by atoms with van der Waals surface area (Å²) in [7, 11) is -16.6. The Labute approximate surface area is 680 Å². The molecule has 0 aliphatic carbocycles. The molecule has 20 atom stereocenters. The second kappa shape index (κ2) is 33.1. The average molecular weight is 1790 g/mol. The number of rotatable bonds is 21. The van der Waals surface area contributed by atoms with Crippen LogP contribution in [-0.4, -0.2) is 232 Å². The van der Waals surface area contributed by atoms with Crippen LogP contribution in [-0.2, 0) is 91.5 Å². The Morgan fingerprint density at radius 2 is 0.708 bits per heavy atom. The van der Waals surface area contributed by atoms with Crippen molar-refractivity contribution in [3.63, 3.8) is 0 Å². The summed E-state index contributed by atoms with van der Waals surface area (Å²) in [5.41, 5.74) is -1.83. The van der Waals surface area contributed by atoms with Gasteiger partial charge in [-0.1, -0.05) is 13.8 Å². The van der Waals surface area contributed by atoms with Crippen molar-refractivity contribution in [1.82, 2.24) is 78.1 Å². The maximum Gasteiger partial charge on any atom is 0.475 e. The van der Waals surface area contributed by atoms with E-state index in [1.54, 1.807) is 83.1 Å². The molecule has 0 amide bonds. The van der Waals surface area contributed by atoms with Crippen molar-refractivity contribution in [2.45, 2.75) is 232 Å². The zero-order valence-corrected chi connectivity index (χ0v) is 71.7. The lowest BCUT2D eigenvalue weighted by Crippen LogP contribution is -2.52. The molecule has 53 heteroatoms. The Bertz CT molecular complexity index is 5170. The first-order valence-corrected chi connectivity index (χ1v) is 43.7. The number of phosphoric acid groups is 4. The van der Waals surface area contributed by atoms with Gasteiger partial charge in [0.25, 0.3) is 23.4 Å². The molecule has 8 aromatic rings. The van der Waals surface area contributed by atoms with Gasteiger partial charge in [0.1, 0.15) is 49.5 Å². The molecule has 664 valence electrons. The standard InChI is InChI=1S/C17H24F2N5O6P.C17H23F2N4O6P.C17H24FN4O7P.C16H21F2N4O6P/c1-5-26-12-10-11(22-15(20)23-12)24(8-21-10)14-16(4,18)13-17(19,29-14)7-28-31(25,30-13)27-6-9(2)3;1-6-25-13-11-12(21-10(4)22-13)23(8-20-11)15-16(5,18)14-17(19,27-15)7-26-30(24,29-14)28-9(2)3;1-6-25-13-11-12(20-10(4)21-13)22(8-19-11)15-16(5,23)14-17(18,27-15)7-26-30(24,29-14)28-9(2)3;1-5-24-12-10-11(20-9(3)21-12)22(8-19-10)14-15(4,17)13-16(18,27-14)7-26-29(23,28-13)25-6-2/h8-9,13-14H,5-7H2,1-4H3,(H2,20,22,23);8-9,14-15H,6-7H2,1-5H3;8-9,14-15,23H,6-7H2,1-5H3;8,13-14H,5-7H2,1-4H3/t13-,14+,16+,17+,31?;2*14-,15+,16+,17+,30?;13-,14+,15+,16+,29?/m0000/s1. The molecule has 4 unspecified atom stereocenters. The molecule has 0 saturated carbocycles. The molecule has 8 aliphatic rings. The van der Waals surface area contributed by atoms with E-state index in [0.29, 0.717) is 42.8 Å². The second-order valence-corrected chi connectivity index (χ2v) is 36.5. The summed E-state index contributed by atoms with van der Waals surface area (Å²) in [6.45, 7) is 26.4. The molecule has 0 spiro atoms. The summed E-state index contributed by atoms with van der Waals surface area (Å²) in [6.07, 6.45) is -9.17. The smallest absolute Gasteiger partial charge is 0.475 e. The molecule has 8 aliphatic heterocycles. The molecule has 8 fully saturated rings. The van der Waals surface area contributed by atoms with E-state index in [1.807, 2.05) is 13.8 Å². The molecule has 42 nitrogen and oxygen atoms in total. The van der Waals surface area contributed by atoms with Gasteiger partial charge in [-0.25, -0.2) is 83.9 Å². The van der Waals surface area contributed by atoms with E-state index in [1.165, 1.54) is 50.5 Å². The van der Waals surface area contributed by atoms with Crippen LogP contribution < -0.4 is 24.7 Å². The highest BCUT2D eigenvalue weighted by Crippen LogP contribution is 2.68. The van der Waals surface area contributed by atoms with Crippen molar-refractivity contribution in [3.8, 4) is 23.5 Å². The van der Waals surface area contributed by atoms with Gasteiger partial charge in [0, 0.05) is 0 Å². The summed E-state index contributed by atoms with van der Waals surface area (Å²) in [4.78, 5) is 50.3. The number of anilines is 1. The molecular formula is C67H92F7N17O25P4. The van der Waals surface area contributed by atoms with E-state index in [9.17, 15) is 23.4 Å². The van der Waals surface area contributed by atoms with Gasteiger partial charge in [-0.2, -0.15) is 24.9 Å². The molecule has 16 heterocycles. The maximum atomic E-state index is 16.0. The monoisotopic (exact) mass is 1790 g/mol. The zero-order chi connectivity index (χ0) is 87.4. The van der Waals surface area contributed by atoms with Crippen LogP contribution in [0.4, 0.5) is 36.7 Å². The lowest BCUT2D eigenvalue weighted by molar-refractivity contribution is -0.220. The molecule has 0 radical (unpaired) electrons. The van der Waals surface area contributed by atoms with Crippen molar-refractivity contribution in [2.24, 2.45) is 5.92 Å². The van der Waals surface area contributed by atoms with E-state index in [-0.39, 0.29) is 94.3 Å². The fourth-order valence-electron chi connectivity index (χ4n) is 14.2. The van der Waals surface area contributed by atoms with Gasteiger partial charge in [0.15, 0.2) is 111 Å². The molecule has 0 bridgehead atoms. The topological polar surface area (TPSA) is 474 Å². The van der Waals surface area contributed by atoms with Gasteiger partial charge >= 0.3 is 31.3 Å². The Kier molecular flexibility index (Phi) is 25.0. The third kappa shape index (κ3) is 17.0. The van der Waals surface area contributed by atoms with Gasteiger partial charge in [-0.3, -0.25) is 72.6 Å². The molecule has 0 aromatic carbocycles. The summed E-state index contributed by atoms with van der Waals surface area (Å²) in [6, 6.07) is 0. The molecule has 120 heavy (non-hydrogen) atoms. The summed E-state index contributed by atoms with van der Waals surface area (Å²) in [5, 5.41) is 11.2. The number of nitrogens with two attached hydrogens (primary N) is 1. The van der Waals surface area contributed by atoms with E-state index in [0.717, 1.165) is 20.8 Å². The van der Waals surface area contributed by atoms with Crippen molar-refractivity contribution in [1.29, 1.82) is 0 Å². The summed E-state index contributed by atoms with van der Waals surface area (Å²) < 4.78 is 270. The minimum absolute atomic E-state index is 0.00131.